The van der Waals surface area contributed by atoms with Crippen LogP contribution in [0.2, 0.25) is 0 Å². The van der Waals surface area contributed by atoms with Crippen LogP contribution in [0, 0.1) is 5.92 Å². The topological polar surface area (TPSA) is 187 Å². The number of carbonyl (C=O) groups is 5. The highest BCUT2D eigenvalue weighted by atomic mass is 32.2. The number of nitrogens with zero attached hydrogens (tertiary/aromatic N) is 1. The molecule has 3 fully saturated rings. The third-order valence-electron chi connectivity index (χ3n) is 9.11. The van der Waals surface area contributed by atoms with Gasteiger partial charge in [-0.3, -0.25) is 19.1 Å². The number of hydrogen-bond acceptors (Lipinski definition) is 10. The van der Waals surface area contributed by atoms with Gasteiger partial charge in [0.15, 0.2) is 0 Å². The van der Waals surface area contributed by atoms with Gasteiger partial charge in [-0.25, -0.2) is 18.0 Å². The van der Waals surface area contributed by atoms with Crippen molar-refractivity contribution in [2.45, 2.75) is 119 Å². The monoisotopic (exact) mass is 756 g/mol. The molecule has 1 aromatic rings. The average molecular weight is 757 g/mol. The molecule has 2 aliphatic carbocycles. The van der Waals surface area contributed by atoms with Crippen LogP contribution in [0.25, 0.3) is 0 Å². The molecule has 5 rings (SSSR count). The molecule has 3 N–H and O–H groups in total. The predicted molar refractivity (Wildman–Crippen MR) is 177 cm³/mol. The third kappa shape index (κ3) is 9.95. The number of sulfonamides is 1. The smallest absolute Gasteiger partial charge is 0.457 e. The number of halogens is 3. The largest absolute Gasteiger partial charge is 0.573 e. The number of hydrogen-bond donors (Lipinski definition) is 3. The number of fused-ring (bicyclic) bond motifs is 2. The van der Waals surface area contributed by atoms with E-state index in [1.807, 2.05) is 6.08 Å². The quantitative estimate of drug-likeness (QED) is 0.274. The second kappa shape index (κ2) is 14.9. The summed E-state index contributed by atoms with van der Waals surface area (Å²) in [6.45, 7) is 4.61. The van der Waals surface area contributed by atoms with E-state index in [2.05, 4.69) is 20.1 Å². The van der Waals surface area contributed by atoms with Gasteiger partial charge < -0.3 is 29.7 Å². The Labute approximate surface area is 299 Å². The second-order valence-corrected chi connectivity index (χ2v) is 16.5. The van der Waals surface area contributed by atoms with Gasteiger partial charge in [0.2, 0.25) is 21.8 Å². The van der Waals surface area contributed by atoms with Crippen LogP contribution in [0.3, 0.4) is 0 Å². The first-order valence-electron chi connectivity index (χ1n) is 17.2. The van der Waals surface area contributed by atoms with Crippen LogP contribution in [0.5, 0.6) is 5.75 Å². The van der Waals surface area contributed by atoms with Crippen LogP contribution in [0.1, 0.15) is 88.9 Å². The number of ether oxygens (including phenoxy) is 3. The lowest BCUT2D eigenvalue weighted by Gasteiger charge is -2.30. The molecule has 0 aromatic heterocycles. The Morgan fingerprint density at radius 3 is 2.44 bits per heavy atom. The van der Waals surface area contributed by atoms with E-state index >= 15 is 0 Å². The summed E-state index contributed by atoms with van der Waals surface area (Å²) in [6, 6.07) is 1.69. The molecular formula is C34H43F3N4O10S. The Morgan fingerprint density at radius 1 is 1.04 bits per heavy atom. The molecule has 4 amide bonds. The van der Waals surface area contributed by atoms with Crippen molar-refractivity contribution < 1.29 is 59.8 Å². The minimum atomic E-state index is -5.01. The summed E-state index contributed by atoms with van der Waals surface area (Å²) in [5, 5.41) is 4.59. The Bertz CT molecular complexity index is 1710. The average Bonchev–Trinajstić information content (AvgIpc) is 3.95. The van der Waals surface area contributed by atoms with E-state index in [0.717, 1.165) is 23.1 Å². The minimum Gasteiger partial charge on any atom is -0.457 e. The highest BCUT2D eigenvalue weighted by Crippen LogP contribution is 2.46. The summed E-state index contributed by atoms with van der Waals surface area (Å²) in [7, 11) is -3.97. The van der Waals surface area contributed by atoms with Gasteiger partial charge in [-0.15, -0.1) is 13.2 Å². The van der Waals surface area contributed by atoms with Crippen LogP contribution >= 0.6 is 0 Å². The van der Waals surface area contributed by atoms with Crippen molar-refractivity contribution in [2.75, 3.05) is 6.54 Å². The number of alkyl halides is 3. The van der Waals surface area contributed by atoms with Crippen LogP contribution in [-0.4, -0.2) is 90.6 Å². The molecule has 1 aromatic carbocycles. The number of amides is 4. The Kier molecular flexibility index (Phi) is 11.2. The van der Waals surface area contributed by atoms with Crippen molar-refractivity contribution in [2.24, 2.45) is 5.92 Å². The lowest BCUT2D eigenvalue weighted by atomic mass is 10.0. The summed E-state index contributed by atoms with van der Waals surface area (Å²) in [6.07, 6.45) is -0.104. The van der Waals surface area contributed by atoms with E-state index in [1.54, 1.807) is 26.8 Å². The number of allylic oxidation sites excluding steroid dienone is 1. The Morgan fingerprint density at radius 2 is 1.77 bits per heavy atom. The predicted octanol–water partition coefficient (Wildman–Crippen LogP) is 3.61. The van der Waals surface area contributed by atoms with E-state index in [1.165, 1.54) is 6.07 Å². The van der Waals surface area contributed by atoms with Crippen LogP contribution in [0.4, 0.5) is 18.0 Å². The fraction of sp³-hybridized carbons (Fsp3) is 0.618. The molecule has 2 aliphatic heterocycles. The fourth-order valence-corrected chi connectivity index (χ4v) is 7.70. The molecule has 0 unspecified atom stereocenters. The second-order valence-electron chi connectivity index (χ2n) is 14.6. The lowest BCUT2D eigenvalue weighted by molar-refractivity contribution is -0.274. The molecule has 2 heterocycles. The van der Waals surface area contributed by atoms with Crippen molar-refractivity contribution in [3.05, 3.63) is 42.0 Å². The first-order chi connectivity index (χ1) is 24.3. The summed E-state index contributed by atoms with van der Waals surface area (Å²) >= 11 is 0. The first kappa shape index (κ1) is 38.9. The summed E-state index contributed by atoms with van der Waals surface area (Å²) in [4.78, 5) is 68.9. The van der Waals surface area contributed by atoms with Gasteiger partial charge >= 0.3 is 18.4 Å². The number of esters is 1. The number of nitrogens with one attached hydrogen (secondary N) is 3. The molecular weight excluding hydrogens is 713 g/mol. The highest BCUT2D eigenvalue weighted by Gasteiger charge is 2.62. The van der Waals surface area contributed by atoms with Gasteiger partial charge in [-0.2, -0.15) is 0 Å². The molecule has 52 heavy (non-hydrogen) atoms. The number of rotatable bonds is 7. The minimum absolute atomic E-state index is 0.0967. The number of carbonyl (C=O) groups excluding carboxylic acids is 5. The van der Waals surface area contributed by atoms with E-state index in [0.29, 0.717) is 38.5 Å². The molecule has 5 atom stereocenters. The van der Waals surface area contributed by atoms with Crippen molar-refractivity contribution in [1.29, 1.82) is 0 Å². The van der Waals surface area contributed by atoms with Gasteiger partial charge in [0.05, 0.1) is 17.4 Å². The number of alkyl carbamates (subject to hydrolysis) is 1. The van der Waals surface area contributed by atoms with Crippen LogP contribution in [-0.2, 0) is 33.9 Å². The van der Waals surface area contributed by atoms with Crippen molar-refractivity contribution >= 4 is 39.8 Å². The van der Waals surface area contributed by atoms with Crippen molar-refractivity contribution in [3.8, 4) is 5.75 Å². The maximum atomic E-state index is 14.2. The van der Waals surface area contributed by atoms with Gasteiger partial charge in [0.25, 0.3) is 5.91 Å². The van der Waals surface area contributed by atoms with Crippen LogP contribution in [0.15, 0.2) is 36.4 Å². The third-order valence-corrected chi connectivity index (χ3v) is 10.9. The molecule has 286 valence electrons. The maximum absolute atomic E-state index is 14.2. The molecule has 0 radical (unpaired) electrons. The molecule has 18 heteroatoms. The van der Waals surface area contributed by atoms with Crippen molar-refractivity contribution in [3.63, 3.8) is 0 Å². The first-order valence-corrected chi connectivity index (χ1v) is 18.7. The normalized spacial score (nSPS) is 27.2. The zero-order valence-electron chi connectivity index (χ0n) is 29.0. The summed E-state index contributed by atoms with van der Waals surface area (Å²) in [5.74, 6) is -4.68. The molecule has 14 nitrogen and oxygen atoms in total. The van der Waals surface area contributed by atoms with Crippen LogP contribution < -0.4 is 20.1 Å². The van der Waals surface area contributed by atoms with E-state index in [4.69, 9.17) is 9.47 Å². The SMILES string of the molecule is CC(C)(C)OC(=O)N[C@H]1CCCCCC=C[C@@H]2C[C@@]2(C(=O)NS(=O)(=O)C2CC2)NC(=O)[C@@H]2C[C@@H](OC(=O)c3cccc(OC(F)(F)F)c3)CN2C1=O. The van der Waals surface area contributed by atoms with Gasteiger partial charge in [-0.1, -0.05) is 31.1 Å². The zero-order chi connectivity index (χ0) is 38.1. The Balaban J connectivity index is 1.42. The summed E-state index contributed by atoms with van der Waals surface area (Å²) < 4.78 is 80.8. The molecule has 2 saturated carbocycles. The highest BCUT2D eigenvalue weighted by molar-refractivity contribution is 7.91. The van der Waals surface area contributed by atoms with Gasteiger partial charge in [0.1, 0.15) is 35.1 Å². The summed E-state index contributed by atoms with van der Waals surface area (Å²) in [5.41, 5.74) is -2.81. The van der Waals surface area contributed by atoms with E-state index < -0.39 is 92.4 Å². The fourth-order valence-electron chi connectivity index (χ4n) is 6.34. The van der Waals surface area contributed by atoms with Crippen molar-refractivity contribution in [1.82, 2.24) is 20.3 Å². The van der Waals surface area contributed by atoms with E-state index in [9.17, 15) is 45.6 Å². The Hall–Kier alpha value is -4.35. The van der Waals surface area contributed by atoms with Gasteiger partial charge in [0, 0.05) is 12.3 Å². The molecule has 4 aliphatic rings. The molecule has 0 bridgehead atoms. The molecule has 0 spiro atoms. The zero-order valence-corrected chi connectivity index (χ0v) is 29.8. The number of benzene rings is 1. The lowest BCUT2D eigenvalue weighted by Crippen LogP contribution is -2.58. The molecule has 1 saturated heterocycles. The van der Waals surface area contributed by atoms with Gasteiger partial charge in [-0.05, 0) is 77.5 Å². The standard InChI is InChI=1S/C34H43F3N4O10S/c1-32(2,3)51-31(46)38-25-13-8-6-4-5-7-11-21-18-33(21,30(45)40-52(47,48)24-14-15-24)39-27(42)26-17-23(19-41(26)28(25)43)49-29(44)20-10-9-12-22(16-20)50-34(35,36)37/h7,9-12,16,21,23-26H,4-6,8,13-15,17-19H2,1-3H3,(H,38,46)(H,39,42)(H,40,45)/t21-,23-,25+,26+,33-/m1/s1. The van der Waals surface area contributed by atoms with E-state index in [-0.39, 0.29) is 31.4 Å². The maximum Gasteiger partial charge on any atom is 0.573 e.